The molecule has 4 nitrogen and oxygen atoms in total. The van der Waals surface area contributed by atoms with E-state index in [0.717, 1.165) is 55.7 Å². The second-order valence-corrected chi connectivity index (χ2v) is 5.80. The Morgan fingerprint density at radius 2 is 1.90 bits per heavy atom. The lowest BCUT2D eigenvalue weighted by Crippen LogP contribution is -2.32. The number of carboxylic acids is 1. The van der Waals surface area contributed by atoms with Gasteiger partial charge in [-0.25, -0.2) is 0 Å². The average molecular weight is 272 g/mol. The maximum absolute atomic E-state index is 11.7. The number of amidine groups is 1. The van der Waals surface area contributed by atoms with Gasteiger partial charge < -0.3 is 10.0 Å². The summed E-state index contributed by atoms with van der Waals surface area (Å²) in [6.07, 6.45) is 3.51. The Hall–Kier alpha value is -1.84. The smallest absolute Gasteiger partial charge is 0.314 e. The van der Waals surface area contributed by atoms with E-state index in [4.69, 9.17) is 0 Å². The Kier molecular flexibility index (Phi) is 3.24. The number of likely N-dealkylation sites (N-methyl/N-ethyl adjacent to an activating group) is 1. The van der Waals surface area contributed by atoms with Crippen LogP contribution in [0.5, 0.6) is 0 Å². The zero-order valence-corrected chi connectivity index (χ0v) is 11.8. The number of carboxylic acid groups (broad SMARTS) is 1. The predicted octanol–water partition coefficient (Wildman–Crippen LogP) is 2.28. The monoisotopic (exact) mass is 272 g/mol. The Bertz CT molecular complexity index is 542. The molecule has 1 N–H and O–H groups in total. The molecule has 0 saturated heterocycles. The van der Waals surface area contributed by atoms with Crippen molar-refractivity contribution in [2.45, 2.75) is 31.1 Å². The van der Waals surface area contributed by atoms with Crippen LogP contribution in [0.4, 0.5) is 0 Å². The molecule has 1 fully saturated rings. The number of hydrogen-bond donors (Lipinski definition) is 1. The fourth-order valence-electron chi connectivity index (χ4n) is 3.39. The van der Waals surface area contributed by atoms with Gasteiger partial charge in [0.1, 0.15) is 5.84 Å². The summed E-state index contributed by atoms with van der Waals surface area (Å²) < 4.78 is 0. The van der Waals surface area contributed by atoms with Gasteiger partial charge >= 0.3 is 5.97 Å². The van der Waals surface area contributed by atoms with Crippen LogP contribution in [0.25, 0.3) is 0 Å². The molecule has 1 aromatic carbocycles. The average Bonchev–Trinajstić information content (AvgIpc) is 3.08. The first-order chi connectivity index (χ1) is 9.63. The summed E-state index contributed by atoms with van der Waals surface area (Å²) in [4.78, 5) is 18.3. The molecule has 0 aromatic heterocycles. The van der Waals surface area contributed by atoms with Crippen LogP contribution >= 0.6 is 0 Å². The molecular weight excluding hydrogens is 252 g/mol. The van der Waals surface area contributed by atoms with Crippen molar-refractivity contribution in [3.05, 3.63) is 35.4 Å². The summed E-state index contributed by atoms with van der Waals surface area (Å²) in [5.74, 6) is 0.324. The molecule has 1 aliphatic heterocycles. The number of carbonyl (C=O) groups is 1. The predicted molar refractivity (Wildman–Crippen MR) is 78.3 cm³/mol. The highest BCUT2D eigenvalue weighted by Gasteiger charge is 2.42. The molecule has 4 heteroatoms. The van der Waals surface area contributed by atoms with Gasteiger partial charge in [-0.05, 0) is 18.4 Å². The number of aliphatic carboxylic acids is 1. The van der Waals surface area contributed by atoms with E-state index in [1.54, 1.807) is 0 Å². The van der Waals surface area contributed by atoms with Crippen LogP contribution in [0.3, 0.4) is 0 Å². The maximum atomic E-state index is 11.7. The van der Waals surface area contributed by atoms with Crippen molar-refractivity contribution in [2.75, 3.05) is 20.1 Å². The van der Waals surface area contributed by atoms with Gasteiger partial charge in [-0.1, -0.05) is 37.1 Å². The van der Waals surface area contributed by atoms with Gasteiger partial charge in [-0.2, -0.15) is 0 Å². The Morgan fingerprint density at radius 3 is 2.40 bits per heavy atom. The number of benzene rings is 1. The summed E-state index contributed by atoms with van der Waals surface area (Å²) in [6, 6.07) is 7.98. The second-order valence-electron chi connectivity index (χ2n) is 5.80. The second kappa shape index (κ2) is 4.93. The largest absolute Gasteiger partial charge is 0.481 e. The quantitative estimate of drug-likeness (QED) is 0.918. The van der Waals surface area contributed by atoms with E-state index in [1.807, 2.05) is 31.3 Å². The Morgan fingerprint density at radius 1 is 1.25 bits per heavy atom. The topological polar surface area (TPSA) is 52.9 Å². The molecule has 106 valence electrons. The minimum atomic E-state index is -0.682. The SMILES string of the molecule is CN1CCN=C1c1ccc(C2(C(=O)O)CCCC2)cc1. The first-order valence-corrected chi connectivity index (χ1v) is 7.23. The maximum Gasteiger partial charge on any atom is 0.314 e. The summed E-state index contributed by atoms with van der Waals surface area (Å²) in [6.45, 7) is 1.79. The summed E-state index contributed by atoms with van der Waals surface area (Å²) in [5, 5.41) is 9.61. The molecule has 0 amide bonds. The molecule has 2 aliphatic rings. The van der Waals surface area contributed by atoms with E-state index in [1.165, 1.54) is 0 Å². The van der Waals surface area contributed by atoms with E-state index in [9.17, 15) is 9.90 Å². The lowest BCUT2D eigenvalue weighted by molar-refractivity contribution is -0.143. The molecule has 20 heavy (non-hydrogen) atoms. The van der Waals surface area contributed by atoms with Gasteiger partial charge in [-0.15, -0.1) is 0 Å². The lowest BCUT2D eigenvalue weighted by atomic mass is 9.79. The zero-order chi connectivity index (χ0) is 14.2. The summed E-state index contributed by atoms with van der Waals surface area (Å²) >= 11 is 0. The number of aliphatic imine (C=N–C) groups is 1. The van der Waals surface area contributed by atoms with E-state index in [2.05, 4.69) is 9.89 Å². The minimum absolute atomic E-state index is 0.665. The fraction of sp³-hybridized carbons (Fsp3) is 0.500. The first kappa shape index (κ1) is 13.2. The Balaban J connectivity index is 1.91. The molecule has 3 rings (SSSR count). The van der Waals surface area contributed by atoms with Crippen LogP contribution < -0.4 is 0 Å². The highest BCUT2D eigenvalue weighted by Crippen LogP contribution is 2.41. The lowest BCUT2D eigenvalue weighted by Gasteiger charge is -2.24. The van der Waals surface area contributed by atoms with Crippen molar-refractivity contribution in [3.63, 3.8) is 0 Å². The standard InChI is InChI=1S/C16H20N2O2/c1-18-11-10-17-14(18)12-4-6-13(7-5-12)16(15(19)20)8-2-3-9-16/h4-7H,2-3,8-11H2,1H3,(H,19,20). The van der Waals surface area contributed by atoms with Crippen LogP contribution in [0, 0.1) is 0 Å². The third-order valence-corrected chi connectivity index (χ3v) is 4.62. The van der Waals surface area contributed by atoms with Crippen LogP contribution in [-0.4, -0.2) is 41.9 Å². The van der Waals surface area contributed by atoms with Crippen molar-refractivity contribution >= 4 is 11.8 Å². The zero-order valence-electron chi connectivity index (χ0n) is 11.8. The van der Waals surface area contributed by atoms with Gasteiger partial charge in [0.15, 0.2) is 0 Å². The van der Waals surface area contributed by atoms with Crippen molar-refractivity contribution in [1.82, 2.24) is 4.90 Å². The van der Waals surface area contributed by atoms with Crippen molar-refractivity contribution in [3.8, 4) is 0 Å². The molecule has 1 aromatic rings. The molecular formula is C16H20N2O2. The van der Waals surface area contributed by atoms with Crippen LogP contribution in [0.2, 0.25) is 0 Å². The molecule has 0 atom stereocenters. The highest BCUT2D eigenvalue weighted by molar-refractivity contribution is 5.99. The van der Waals surface area contributed by atoms with Crippen molar-refractivity contribution < 1.29 is 9.90 Å². The normalized spacial score (nSPS) is 21.1. The number of nitrogens with zero attached hydrogens (tertiary/aromatic N) is 2. The van der Waals surface area contributed by atoms with Crippen molar-refractivity contribution in [1.29, 1.82) is 0 Å². The van der Waals surface area contributed by atoms with Crippen LogP contribution in [0.15, 0.2) is 29.3 Å². The third kappa shape index (κ3) is 1.99. The van der Waals surface area contributed by atoms with Gasteiger partial charge in [-0.3, -0.25) is 9.79 Å². The highest BCUT2D eigenvalue weighted by atomic mass is 16.4. The van der Waals surface area contributed by atoms with E-state index < -0.39 is 11.4 Å². The molecule has 0 bridgehead atoms. The van der Waals surface area contributed by atoms with Gasteiger partial charge in [0.25, 0.3) is 0 Å². The van der Waals surface area contributed by atoms with E-state index in [-0.39, 0.29) is 0 Å². The molecule has 1 saturated carbocycles. The van der Waals surface area contributed by atoms with Crippen LogP contribution in [0.1, 0.15) is 36.8 Å². The number of rotatable bonds is 3. The van der Waals surface area contributed by atoms with Crippen LogP contribution in [-0.2, 0) is 10.2 Å². The summed E-state index contributed by atoms with van der Waals surface area (Å²) in [7, 11) is 2.04. The summed E-state index contributed by atoms with van der Waals surface area (Å²) in [5.41, 5.74) is 1.35. The van der Waals surface area contributed by atoms with Gasteiger partial charge in [0, 0.05) is 19.2 Å². The van der Waals surface area contributed by atoms with E-state index in [0.29, 0.717) is 0 Å². The number of hydrogen-bond acceptors (Lipinski definition) is 3. The molecule has 0 spiro atoms. The molecule has 0 unspecified atom stereocenters. The van der Waals surface area contributed by atoms with E-state index >= 15 is 0 Å². The van der Waals surface area contributed by atoms with Gasteiger partial charge in [0.05, 0.1) is 12.0 Å². The van der Waals surface area contributed by atoms with Gasteiger partial charge in [0.2, 0.25) is 0 Å². The molecule has 1 heterocycles. The first-order valence-electron chi connectivity index (χ1n) is 7.23. The minimum Gasteiger partial charge on any atom is -0.481 e. The molecule has 1 aliphatic carbocycles. The fourth-order valence-corrected chi connectivity index (χ4v) is 3.39. The van der Waals surface area contributed by atoms with Crippen molar-refractivity contribution in [2.24, 2.45) is 4.99 Å². The third-order valence-electron chi connectivity index (χ3n) is 4.62. The molecule has 0 radical (unpaired) electrons. The Labute approximate surface area is 119 Å².